The number of nitrogens with one attached hydrogen (secondary N) is 2. The molecular formula is C19H23N3O5. The van der Waals surface area contributed by atoms with Gasteiger partial charge in [-0.15, -0.1) is 0 Å². The molecule has 0 aliphatic carbocycles. The van der Waals surface area contributed by atoms with E-state index in [9.17, 15) is 19.2 Å². The van der Waals surface area contributed by atoms with Crippen LogP contribution in [0.15, 0.2) is 18.2 Å². The molecule has 0 bridgehead atoms. The molecule has 1 atom stereocenters. The Labute approximate surface area is 157 Å². The lowest BCUT2D eigenvalue weighted by Crippen LogP contribution is -2.52. The first-order chi connectivity index (χ1) is 12.7. The highest BCUT2D eigenvalue weighted by Crippen LogP contribution is 2.29. The molecule has 4 amide bonds. The molecule has 1 aromatic rings. The van der Waals surface area contributed by atoms with E-state index in [1.165, 1.54) is 4.90 Å². The summed E-state index contributed by atoms with van der Waals surface area (Å²) < 4.78 is 5.23. The molecule has 0 radical (unpaired) electrons. The summed E-state index contributed by atoms with van der Waals surface area (Å²) in [5.41, 5.74) is 1.49. The van der Waals surface area contributed by atoms with Crippen molar-refractivity contribution in [2.75, 3.05) is 0 Å². The largest absolute Gasteiger partial charge is 0.444 e. The summed E-state index contributed by atoms with van der Waals surface area (Å²) in [5, 5.41) is 4.98. The minimum atomic E-state index is -0.658. The fourth-order valence-corrected chi connectivity index (χ4v) is 3.30. The van der Waals surface area contributed by atoms with Crippen molar-refractivity contribution in [1.82, 2.24) is 15.5 Å². The van der Waals surface area contributed by atoms with Crippen molar-refractivity contribution in [3.8, 4) is 0 Å². The number of alkyl carbamates (subject to hydrolysis) is 1. The lowest BCUT2D eigenvalue weighted by atomic mass is 10.0. The highest BCUT2D eigenvalue weighted by Gasteiger charge is 2.39. The smallest absolute Gasteiger partial charge is 0.407 e. The quantitative estimate of drug-likeness (QED) is 0.781. The van der Waals surface area contributed by atoms with Crippen molar-refractivity contribution < 1.29 is 23.9 Å². The van der Waals surface area contributed by atoms with E-state index in [2.05, 4.69) is 10.6 Å². The summed E-state index contributed by atoms with van der Waals surface area (Å²) in [4.78, 5) is 49.6. The van der Waals surface area contributed by atoms with Gasteiger partial charge in [0.15, 0.2) is 0 Å². The molecule has 2 N–H and O–H groups in total. The minimum absolute atomic E-state index is 0.212. The van der Waals surface area contributed by atoms with E-state index in [0.717, 1.165) is 11.1 Å². The monoisotopic (exact) mass is 373 g/mol. The Hall–Kier alpha value is -2.90. The summed E-state index contributed by atoms with van der Waals surface area (Å²) in [7, 11) is 0. The van der Waals surface area contributed by atoms with Crippen LogP contribution in [0.5, 0.6) is 0 Å². The van der Waals surface area contributed by atoms with Gasteiger partial charge in [-0.25, -0.2) is 4.79 Å². The predicted molar refractivity (Wildman–Crippen MR) is 95.6 cm³/mol. The fourth-order valence-electron chi connectivity index (χ4n) is 3.30. The van der Waals surface area contributed by atoms with Gasteiger partial charge in [0, 0.05) is 25.1 Å². The van der Waals surface area contributed by atoms with Crippen LogP contribution in [0, 0.1) is 0 Å². The van der Waals surface area contributed by atoms with E-state index < -0.39 is 23.6 Å². The van der Waals surface area contributed by atoms with Gasteiger partial charge in [0.2, 0.25) is 11.8 Å². The van der Waals surface area contributed by atoms with Gasteiger partial charge in [-0.05, 0) is 44.4 Å². The van der Waals surface area contributed by atoms with E-state index >= 15 is 0 Å². The van der Waals surface area contributed by atoms with E-state index in [0.29, 0.717) is 12.0 Å². The van der Waals surface area contributed by atoms with Gasteiger partial charge < -0.3 is 15.0 Å². The van der Waals surface area contributed by atoms with Crippen LogP contribution in [-0.4, -0.2) is 40.4 Å². The van der Waals surface area contributed by atoms with Crippen LogP contribution in [0.2, 0.25) is 0 Å². The number of hydrogen-bond donors (Lipinski definition) is 2. The topological polar surface area (TPSA) is 105 Å². The average molecular weight is 373 g/mol. The number of imide groups is 1. The van der Waals surface area contributed by atoms with Crippen LogP contribution in [0.3, 0.4) is 0 Å². The Morgan fingerprint density at radius 1 is 1.30 bits per heavy atom. The average Bonchev–Trinajstić information content (AvgIpc) is 2.89. The van der Waals surface area contributed by atoms with Crippen molar-refractivity contribution in [3.63, 3.8) is 0 Å². The first kappa shape index (κ1) is 18.9. The highest BCUT2D eigenvalue weighted by atomic mass is 16.6. The van der Waals surface area contributed by atoms with Crippen molar-refractivity contribution >= 4 is 23.8 Å². The lowest BCUT2D eigenvalue weighted by molar-refractivity contribution is -0.136. The van der Waals surface area contributed by atoms with Gasteiger partial charge in [-0.2, -0.15) is 0 Å². The van der Waals surface area contributed by atoms with Crippen molar-refractivity contribution in [1.29, 1.82) is 0 Å². The summed E-state index contributed by atoms with van der Waals surface area (Å²) in [6.07, 6.45) is -0.00843. The molecule has 2 aliphatic heterocycles. The molecule has 2 heterocycles. The molecule has 3 rings (SSSR count). The number of benzene rings is 1. The summed E-state index contributed by atoms with van der Waals surface area (Å²) in [6, 6.07) is 4.63. The number of ether oxygens (including phenoxy) is 1. The van der Waals surface area contributed by atoms with Crippen molar-refractivity contribution in [3.05, 3.63) is 34.9 Å². The van der Waals surface area contributed by atoms with Crippen LogP contribution >= 0.6 is 0 Å². The third-order valence-electron chi connectivity index (χ3n) is 4.50. The molecule has 1 saturated heterocycles. The third kappa shape index (κ3) is 4.10. The fraction of sp³-hybridized carbons (Fsp3) is 0.474. The zero-order chi connectivity index (χ0) is 19.8. The van der Waals surface area contributed by atoms with Crippen molar-refractivity contribution in [2.24, 2.45) is 0 Å². The second kappa shape index (κ2) is 7.02. The lowest BCUT2D eigenvalue weighted by Gasteiger charge is -2.29. The standard InChI is InChI=1S/C19H23N3O5/c1-19(2,3)27-18(26)20-9-11-5-4-6-12-13(11)10-22(17(12)25)14-7-8-15(23)21-16(14)24/h4-6,14H,7-10H2,1-3H3,(H,20,26)(H,21,23,24). The molecule has 0 spiro atoms. The number of fused-ring (bicyclic) bond motifs is 1. The third-order valence-corrected chi connectivity index (χ3v) is 4.50. The van der Waals surface area contributed by atoms with Gasteiger partial charge >= 0.3 is 6.09 Å². The Kier molecular flexibility index (Phi) is 4.91. The number of hydrogen-bond acceptors (Lipinski definition) is 5. The van der Waals surface area contributed by atoms with Gasteiger partial charge in [0.05, 0.1) is 0 Å². The second-order valence-electron chi connectivity index (χ2n) is 7.70. The Balaban J connectivity index is 1.73. The van der Waals surface area contributed by atoms with Gasteiger partial charge in [0.1, 0.15) is 11.6 Å². The molecule has 1 aromatic carbocycles. The Morgan fingerprint density at radius 2 is 2.04 bits per heavy atom. The molecule has 2 aliphatic rings. The summed E-state index contributed by atoms with van der Waals surface area (Å²) in [6.45, 7) is 5.83. The first-order valence-electron chi connectivity index (χ1n) is 8.88. The Morgan fingerprint density at radius 3 is 2.70 bits per heavy atom. The molecule has 27 heavy (non-hydrogen) atoms. The Bertz CT molecular complexity index is 812. The zero-order valence-corrected chi connectivity index (χ0v) is 15.6. The molecule has 0 saturated carbocycles. The van der Waals surface area contributed by atoms with Gasteiger partial charge in [-0.3, -0.25) is 19.7 Å². The maximum atomic E-state index is 12.8. The van der Waals surface area contributed by atoms with Gasteiger partial charge in [-0.1, -0.05) is 12.1 Å². The van der Waals surface area contributed by atoms with Crippen molar-refractivity contribution in [2.45, 2.75) is 58.3 Å². The zero-order valence-electron chi connectivity index (χ0n) is 15.6. The SMILES string of the molecule is CC(C)(C)OC(=O)NCc1cccc2c1CN(C1CCC(=O)NC1=O)C2=O. The number of amides is 4. The number of carbonyl (C=O) groups excluding carboxylic acids is 4. The number of nitrogens with zero attached hydrogens (tertiary/aromatic N) is 1. The van der Waals surface area contributed by atoms with E-state index in [4.69, 9.17) is 4.74 Å². The van der Waals surface area contributed by atoms with E-state index in [1.54, 1.807) is 32.9 Å². The molecule has 8 nitrogen and oxygen atoms in total. The highest BCUT2D eigenvalue weighted by molar-refractivity contribution is 6.05. The number of piperidine rings is 1. The second-order valence-corrected chi connectivity index (χ2v) is 7.70. The molecule has 1 unspecified atom stereocenters. The molecule has 8 heteroatoms. The summed E-state index contributed by atoms with van der Waals surface area (Å²) >= 11 is 0. The van der Waals surface area contributed by atoms with E-state index in [-0.39, 0.29) is 31.3 Å². The van der Waals surface area contributed by atoms with Crippen LogP contribution < -0.4 is 10.6 Å². The number of rotatable bonds is 3. The first-order valence-corrected chi connectivity index (χ1v) is 8.88. The maximum Gasteiger partial charge on any atom is 0.407 e. The van der Waals surface area contributed by atoms with E-state index in [1.807, 2.05) is 6.07 Å². The van der Waals surface area contributed by atoms with Crippen LogP contribution in [0.1, 0.15) is 55.1 Å². The molecule has 144 valence electrons. The van der Waals surface area contributed by atoms with Crippen LogP contribution in [0.4, 0.5) is 4.79 Å². The minimum Gasteiger partial charge on any atom is -0.444 e. The predicted octanol–water partition coefficient (Wildman–Crippen LogP) is 1.47. The normalized spacial score (nSPS) is 19.6. The molecule has 0 aromatic heterocycles. The maximum absolute atomic E-state index is 12.8. The van der Waals surface area contributed by atoms with Gasteiger partial charge in [0.25, 0.3) is 5.91 Å². The number of carbonyl (C=O) groups is 4. The van der Waals surface area contributed by atoms with Crippen LogP contribution in [0.25, 0.3) is 0 Å². The molecular weight excluding hydrogens is 350 g/mol. The molecule has 1 fully saturated rings. The summed E-state index contributed by atoms with van der Waals surface area (Å²) in [5.74, 6) is -0.998. The van der Waals surface area contributed by atoms with Crippen LogP contribution in [-0.2, 0) is 27.4 Å².